The smallest absolute Gasteiger partial charge is 0.307 e. The number of carbonyl (C=O) groups is 3. The molecule has 0 aliphatic carbocycles. The molecule has 1 atom stereocenters. The van der Waals surface area contributed by atoms with Crippen molar-refractivity contribution >= 4 is 23.5 Å². The lowest BCUT2D eigenvalue weighted by Gasteiger charge is -2.33. The van der Waals surface area contributed by atoms with E-state index in [1.807, 2.05) is 39.0 Å². The number of nitrogens with one attached hydrogen (secondary N) is 2. The highest BCUT2D eigenvalue weighted by atomic mass is 16.5. The molecule has 0 aromatic heterocycles. The summed E-state index contributed by atoms with van der Waals surface area (Å²) in [6.07, 6.45) is 1.68. The van der Waals surface area contributed by atoms with Crippen LogP contribution in [0.15, 0.2) is 18.2 Å². The Morgan fingerprint density at radius 3 is 2.85 bits per heavy atom. The summed E-state index contributed by atoms with van der Waals surface area (Å²) in [5, 5.41) is 5.65. The average molecular weight is 375 g/mol. The minimum absolute atomic E-state index is 0.0493. The number of amides is 2. The number of unbranched alkanes of at least 4 members (excludes halogenated alkanes) is 1. The van der Waals surface area contributed by atoms with E-state index in [-0.39, 0.29) is 24.8 Å². The van der Waals surface area contributed by atoms with Gasteiger partial charge < -0.3 is 15.4 Å². The lowest BCUT2D eigenvalue weighted by molar-refractivity contribution is -0.149. The molecule has 1 saturated heterocycles. The average Bonchev–Trinajstić information content (AvgIpc) is 2.61. The van der Waals surface area contributed by atoms with E-state index in [1.165, 1.54) is 0 Å². The van der Waals surface area contributed by atoms with Crippen LogP contribution in [0.5, 0.6) is 0 Å². The predicted molar refractivity (Wildman–Crippen MR) is 103 cm³/mol. The van der Waals surface area contributed by atoms with Crippen LogP contribution in [0.25, 0.3) is 0 Å². The normalized spacial score (nSPS) is 17.3. The number of aryl methyl sites for hydroxylation is 2. The second-order valence-corrected chi connectivity index (χ2v) is 6.92. The zero-order chi connectivity index (χ0) is 19.8. The van der Waals surface area contributed by atoms with Crippen LogP contribution < -0.4 is 10.6 Å². The van der Waals surface area contributed by atoms with Gasteiger partial charge in [-0.05, 0) is 37.5 Å². The summed E-state index contributed by atoms with van der Waals surface area (Å²) in [6.45, 7) is 7.28. The molecule has 1 aromatic carbocycles. The van der Waals surface area contributed by atoms with Gasteiger partial charge in [-0.2, -0.15) is 0 Å². The Morgan fingerprint density at radius 2 is 2.11 bits per heavy atom. The van der Waals surface area contributed by atoms with Gasteiger partial charge in [0.2, 0.25) is 11.8 Å². The summed E-state index contributed by atoms with van der Waals surface area (Å²) in [5.41, 5.74) is 2.79. The fraction of sp³-hybridized carbons (Fsp3) is 0.550. The van der Waals surface area contributed by atoms with Crippen LogP contribution in [0.2, 0.25) is 0 Å². The summed E-state index contributed by atoms with van der Waals surface area (Å²) in [6, 6.07) is 5.17. The second kappa shape index (κ2) is 10.1. The van der Waals surface area contributed by atoms with Crippen LogP contribution in [0.3, 0.4) is 0 Å². The van der Waals surface area contributed by atoms with Crippen molar-refractivity contribution in [2.45, 2.75) is 46.1 Å². The molecule has 1 aliphatic rings. The third-order valence-electron chi connectivity index (χ3n) is 4.58. The van der Waals surface area contributed by atoms with Gasteiger partial charge in [0.15, 0.2) is 0 Å². The first kappa shape index (κ1) is 20.9. The topological polar surface area (TPSA) is 87.7 Å². The van der Waals surface area contributed by atoms with Gasteiger partial charge >= 0.3 is 5.97 Å². The molecule has 7 nitrogen and oxygen atoms in total. The maximum absolute atomic E-state index is 12.5. The number of carbonyl (C=O) groups excluding carboxylic acids is 3. The third kappa shape index (κ3) is 6.36. The minimum atomic E-state index is -0.683. The van der Waals surface area contributed by atoms with Gasteiger partial charge in [0, 0.05) is 18.8 Å². The molecular formula is C20H29N3O4. The quantitative estimate of drug-likeness (QED) is 0.534. The van der Waals surface area contributed by atoms with E-state index in [0.29, 0.717) is 19.7 Å². The Labute approximate surface area is 160 Å². The van der Waals surface area contributed by atoms with Gasteiger partial charge in [-0.3, -0.25) is 19.3 Å². The molecule has 7 heteroatoms. The number of hydrogen-bond donors (Lipinski definition) is 2. The van der Waals surface area contributed by atoms with Crippen LogP contribution >= 0.6 is 0 Å². The summed E-state index contributed by atoms with van der Waals surface area (Å²) in [4.78, 5) is 38.5. The molecular weight excluding hydrogens is 346 g/mol. The van der Waals surface area contributed by atoms with Crippen LogP contribution in [0.4, 0.5) is 5.69 Å². The van der Waals surface area contributed by atoms with Crippen molar-refractivity contribution in [1.29, 1.82) is 0 Å². The summed E-state index contributed by atoms with van der Waals surface area (Å²) in [5.74, 6) is -0.860. The SMILES string of the molecule is CCCCOC(=O)CC1C(=O)NCCN1CC(=O)Nc1cc(C)ccc1C. The molecule has 1 aliphatic heterocycles. The maximum atomic E-state index is 12.5. The van der Waals surface area contributed by atoms with Gasteiger partial charge in [-0.15, -0.1) is 0 Å². The highest BCUT2D eigenvalue weighted by Gasteiger charge is 2.33. The number of anilines is 1. The summed E-state index contributed by atoms with van der Waals surface area (Å²) >= 11 is 0. The number of esters is 1. The molecule has 148 valence electrons. The van der Waals surface area contributed by atoms with Crippen molar-refractivity contribution in [3.05, 3.63) is 29.3 Å². The van der Waals surface area contributed by atoms with Gasteiger partial charge in [0.05, 0.1) is 19.6 Å². The molecule has 0 spiro atoms. The molecule has 0 saturated carbocycles. The first-order valence-electron chi connectivity index (χ1n) is 9.45. The monoisotopic (exact) mass is 375 g/mol. The van der Waals surface area contributed by atoms with Crippen molar-refractivity contribution in [2.24, 2.45) is 0 Å². The van der Waals surface area contributed by atoms with Crippen LogP contribution in [-0.4, -0.2) is 55.0 Å². The van der Waals surface area contributed by atoms with Crippen molar-refractivity contribution in [1.82, 2.24) is 10.2 Å². The van der Waals surface area contributed by atoms with Gasteiger partial charge in [0.25, 0.3) is 0 Å². The highest BCUT2D eigenvalue weighted by Crippen LogP contribution is 2.17. The van der Waals surface area contributed by atoms with Gasteiger partial charge in [-0.25, -0.2) is 0 Å². The minimum Gasteiger partial charge on any atom is -0.466 e. The lowest BCUT2D eigenvalue weighted by Crippen LogP contribution is -2.57. The Bertz CT molecular complexity index is 690. The first-order chi connectivity index (χ1) is 12.9. The van der Waals surface area contributed by atoms with Crippen molar-refractivity contribution in [3.8, 4) is 0 Å². The van der Waals surface area contributed by atoms with E-state index >= 15 is 0 Å². The lowest BCUT2D eigenvalue weighted by atomic mass is 10.1. The number of piperazine rings is 1. The molecule has 1 heterocycles. The Kier molecular flexibility index (Phi) is 7.79. The van der Waals surface area contributed by atoms with E-state index in [1.54, 1.807) is 4.90 Å². The molecule has 0 radical (unpaired) electrons. The maximum Gasteiger partial charge on any atom is 0.307 e. The molecule has 1 fully saturated rings. The summed E-state index contributed by atoms with van der Waals surface area (Å²) < 4.78 is 5.17. The van der Waals surface area contributed by atoms with E-state index < -0.39 is 12.0 Å². The predicted octanol–water partition coefficient (Wildman–Crippen LogP) is 1.78. The first-order valence-corrected chi connectivity index (χ1v) is 9.45. The van der Waals surface area contributed by atoms with Crippen LogP contribution in [0.1, 0.15) is 37.3 Å². The molecule has 27 heavy (non-hydrogen) atoms. The van der Waals surface area contributed by atoms with E-state index in [0.717, 1.165) is 29.7 Å². The number of ether oxygens (including phenoxy) is 1. The molecule has 2 N–H and O–H groups in total. The van der Waals surface area contributed by atoms with E-state index in [4.69, 9.17) is 4.74 Å². The highest BCUT2D eigenvalue weighted by molar-refractivity contribution is 5.94. The van der Waals surface area contributed by atoms with Crippen molar-refractivity contribution < 1.29 is 19.1 Å². The van der Waals surface area contributed by atoms with Crippen molar-refractivity contribution in [3.63, 3.8) is 0 Å². The zero-order valence-corrected chi connectivity index (χ0v) is 16.3. The van der Waals surface area contributed by atoms with Crippen LogP contribution in [-0.2, 0) is 19.1 Å². The summed E-state index contributed by atoms with van der Waals surface area (Å²) in [7, 11) is 0. The van der Waals surface area contributed by atoms with Gasteiger partial charge in [0.1, 0.15) is 6.04 Å². The Balaban J connectivity index is 1.96. The Hall–Kier alpha value is -2.41. The largest absolute Gasteiger partial charge is 0.466 e. The number of hydrogen-bond acceptors (Lipinski definition) is 5. The number of benzene rings is 1. The second-order valence-electron chi connectivity index (χ2n) is 6.92. The van der Waals surface area contributed by atoms with E-state index in [9.17, 15) is 14.4 Å². The van der Waals surface area contributed by atoms with Crippen molar-refractivity contribution in [2.75, 3.05) is 31.6 Å². The number of rotatable bonds is 8. The molecule has 1 unspecified atom stereocenters. The van der Waals surface area contributed by atoms with Gasteiger partial charge in [-0.1, -0.05) is 25.5 Å². The zero-order valence-electron chi connectivity index (χ0n) is 16.3. The molecule has 2 rings (SSSR count). The Morgan fingerprint density at radius 1 is 1.33 bits per heavy atom. The molecule has 1 aromatic rings. The molecule has 0 bridgehead atoms. The standard InChI is InChI=1S/C20H29N3O4/c1-4-5-10-27-19(25)12-17-20(26)21-8-9-23(17)13-18(24)22-16-11-14(2)6-7-15(16)3/h6-7,11,17H,4-5,8-10,12-13H2,1-3H3,(H,21,26)(H,22,24). The fourth-order valence-corrected chi connectivity index (χ4v) is 2.97. The third-order valence-corrected chi connectivity index (χ3v) is 4.58. The van der Waals surface area contributed by atoms with E-state index in [2.05, 4.69) is 10.6 Å². The number of nitrogens with zero attached hydrogens (tertiary/aromatic N) is 1. The molecule has 2 amide bonds. The fourth-order valence-electron chi connectivity index (χ4n) is 2.97. The van der Waals surface area contributed by atoms with Crippen LogP contribution in [0, 0.1) is 13.8 Å².